The number of aromatic hydroxyl groups is 1. The summed E-state index contributed by atoms with van der Waals surface area (Å²) < 4.78 is 19.6. The molecular formula is C25H25ClN4O5. The summed E-state index contributed by atoms with van der Waals surface area (Å²) in [7, 11) is 3.01. The molecule has 0 atom stereocenters. The largest absolute Gasteiger partial charge is 0.494 e. The van der Waals surface area contributed by atoms with E-state index in [9.17, 15) is 9.90 Å². The Morgan fingerprint density at radius 3 is 2.34 bits per heavy atom. The maximum atomic E-state index is 13.8. The van der Waals surface area contributed by atoms with E-state index in [0.717, 1.165) is 5.69 Å². The topological polar surface area (TPSA) is 101 Å². The Balaban J connectivity index is 1.82. The van der Waals surface area contributed by atoms with Gasteiger partial charge >= 0.3 is 0 Å². The Morgan fingerprint density at radius 1 is 1.03 bits per heavy atom. The molecule has 0 aliphatic heterocycles. The van der Waals surface area contributed by atoms with E-state index in [2.05, 4.69) is 10.1 Å². The molecule has 0 saturated carbocycles. The molecule has 2 aromatic heterocycles. The number of halogens is 1. The number of hydrogen-bond acceptors (Lipinski definition) is 7. The molecule has 10 heteroatoms. The molecule has 2 aromatic carbocycles. The van der Waals surface area contributed by atoms with E-state index in [1.54, 1.807) is 47.3 Å². The average Bonchev–Trinajstić information content (AvgIpc) is 3.34. The molecule has 4 aromatic rings. The zero-order valence-corrected chi connectivity index (χ0v) is 20.3. The van der Waals surface area contributed by atoms with Crippen LogP contribution in [0.3, 0.4) is 0 Å². The second-order valence-electron chi connectivity index (χ2n) is 7.52. The fourth-order valence-corrected chi connectivity index (χ4v) is 3.82. The highest BCUT2D eigenvalue weighted by Crippen LogP contribution is 2.33. The second kappa shape index (κ2) is 10.6. The molecule has 2 heterocycles. The van der Waals surface area contributed by atoms with Crippen molar-refractivity contribution in [2.24, 2.45) is 0 Å². The quantitative estimate of drug-likeness (QED) is 0.375. The minimum atomic E-state index is -0.476. The Labute approximate surface area is 207 Å². The number of para-hydroxylation sites is 1. The fraction of sp³-hybridized carbons (Fsp3) is 0.240. The Kier molecular flexibility index (Phi) is 7.38. The van der Waals surface area contributed by atoms with Crippen molar-refractivity contribution in [2.45, 2.75) is 20.0 Å². The third-order valence-electron chi connectivity index (χ3n) is 5.38. The standard InChI is InChI=1S/C25H25ClN4O5/c1-4-35-15-22-27-24(31)19(14-17-12-13-29(28-17)18-10-8-16(26)9-11-18)25(32)30(22)23-20(33-2)6-5-7-21(23)34-3/h5-13,31H,4,14-15H2,1-3H3. The van der Waals surface area contributed by atoms with Crippen LogP contribution in [0.1, 0.15) is 24.0 Å². The van der Waals surface area contributed by atoms with Crippen LogP contribution in [-0.4, -0.2) is 45.3 Å². The van der Waals surface area contributed by atoms with Gasteiger partial charge in [0.2, 0.25) is 5.88 Å². The van der Waals surface area contributed by atoms with E-state index in [1.165, 1.54) is 18.8 Å². The SMILES string of the molecule is CCOCc1nc(O)c(Cc2ccn(-c3ccc(Cl)cc3)n2)c(=O)n1-c1c(OC)cccc1OC. The maximum absolute atomic E-state index is 13.8. The van der Waals surface area contributed by atoms with Gasteiger partial charge in [-0.2, -0.15) is 10.1 Å². The van der Waals surface area contributed by atoms with Crippen molar-refractivity contribution in [2.75, 3.05) is 20.8 Å². The van der Waals surface area contributed by atoms with Gasteiger partial charge in [0.1, 0.15) is 29.6 Å². The van der Waals surface area contributed by atoms with E-state index >= 15 is 0 Å². The molecule has 0 unspecified atom stereocenters. The van der Waals surface area contributed by atoms with E-state index in [1.807, 2.05) is 19.1 Å². The van der Waals surface area contributed by atoms with Gasteiger partial charge in [-0.3, -0.25) is 9.36 Å². The highest BCUT2D eigenvalue weighted by atomic mass is 35.5. The number of hydrogen-bond donors (Lipinski definition) is 1. The minimum absolute atomic E-state index is 0.00593. The van der Waals surface area contributed by atoms with E-state index in [4.69, 9.17) is 25.8 Å². The zero-order valence-electron chi connectivity index (χ0n) is 19.6. The van der Waals surface area contributed by atoms with Gasteiger partial charge < -0.3 is 19.3 Å². The van der Waals surface area contributed by atoms with Crippen LogP contribution in [0.5, 0.6) is 17.4 Å². The summed E-state index contributed by atoms with van der Waals surface area (Å²) in [5.41, 5.74) is 1.37. The first-order valence-corrected chi connectivity index (χ1v) is 11.3. The lowest BCUT2D eigenvalue weighted by atomic mass is 10.1. The van der Waals surface area contributed by atoms with Crippen molar-refractivity contribution < 1.29 is 19.3 Å². The van der Waals surface area contributed by atoms with Gasteiger partial charge in [-0.1, -0.05) is 17.7 Å². The molecule has 0 bridgehead atoms. The van der Waals surface area contributed by atoms with Crippen molar-refractivity contribution in [3.05, 3.63) is 87.2 Å². The second-order valence-corrected chi connectivity index (χ2v) is 7.96. The first kappa shape index (κ1) is 24.3. The molecule has 1 N–H and O–H groups in total. The molecule has 35 heavy (non-hydrogen) atoms. The highest BCUT2D eigenvalue weighted by molar-refractivity contribution is 6.30. The number of aromatic nitrogens is 4. The normalized spacial score (nSPS) is 11.0. The molecule has 0 fully saturated rings. The molecular weight excluding hydrogens is 472 g/mol. The molecule has 0 aliphatic carbocycles. The molecule has 0 radical (unpaired) electrons. The van der Waals surface area contributed by atoms with Crippen LogP contribution in [0.15, 0.2) is 59.5 Å². The van der Waals surface area contributed by atoms with Crippen LogP contribution < -0.4 is 15.0 Å². The van der Waals surface area contributed by atoms with Gasteiger partial charge in [-0.05, 0) is 49.4 Å². The molecule has 182 valence electrons. The van der Waals surface area contributed by atoms with Gasteiger partial charge in [0.05, 0.1) is 31.2 Å². The smallest absolute Gasteiger partial charge is 0.265 e. The first-order chi connectivity index (χ1) is 17.0. The number of benzene rings is 2. The predicted molar refractivity (Wildman–Crippen MR) is 131 cm³/mol. The summed E-state index contributed by atoms with van der Waals surface area (Å²) >= 11 is 5.97. The number of methoxy groups -OCH3 is 2. The summed E-state index contributed by atoms with van der Waals surface area (Å²) in [4.78, 5) is 18.1. The lowest BCUT2D eigenvalue weighted by Gasteiger charge is -2.19. The summed E-state index contributed by atoms with van der Waals surface area (Å²) in [6, 6.07) is 14.2. The Morgan fingerprint density at radius 2 is 1.71 bits per heavy atom. The lowest BCUT2D eigenvalue weighted by molar-refractivity contribution is 0.125. The van der Waals surface area contributed by atoms with Crippen LogP contribution >= 0.6 is 11.6 Å². The maximum Gasteiger partial charge on any atom is 0.265 e. The van der Waals surface area contributed by atoms with Gasteiger partial charge in [-0.15, -0.1) is 0 Å². The first-order valence-electron chi connectivity index (χ1n) is 10.9. The van der Waals surface area contributed by atoms with E-state index < -0.39 is 5.56 Å². The Bertz CT molecular complexity index is 1360. The highest BCUT2D eigenvalue weighted by Gasteiger charge is 2.23. The monoisotopic (exact) mass is 496 g/mol. The van der Waals surface area contributed by atoms with Crippen molar-refractivity contribution in [3.63, 3.8) is 0 Å². The number of ether oxygens (including phenoxy) is 3. The molecule has 0 amide bonds. The third-order valence-corrected chi connectivity index (χ3v) is 5.63. The predicted octanol–water partition coefficient (Wildman–Crippen LogP) is 3.92. The van der Waals surface area contributed by atoms with Crippen LogP contribution in [-0.2, 0) is 17.8 Å². The lowest BCUT2D eigenvalue weighted by Crippen LogP contribution is -2.28. The fourth-order valence-electron chi connectivity index (χ4n) is 3.69. The molecule has 0 aliphatic rings. The molecule has 0 saturated heterocycles. The van der Waals surface area contributed by atoms with Crippen LogP contribution in [0, 0.1) is 0 Å². The Hall–Kier alpha value is -3.82. The van der Waals surface area contributed by atoms with Crippen LogP contribution in [0.4, 0.5) is 0 Å². The minimum Gasteiger partial charge on any atom is -0.494 e. The van der Waals surface area contributed by atoms with Gasteiger partial charge in [0.25, 0.3) is 5.56 Å². The summed E-state index contributed by atoms with van der Waals surface area (Å²) in [6.45, 7) is 2.24. The molecule has 9 nitrogen and oxygen atoms in total. The van der Waals surface area contributed by atoms with Gasteiger partial charge in [-0.25, -0.2) is 4.68 Å². The van der Waals surface area contributed by atoms with Crippen molar-refractivity contribution >= 4 is 11.6 Å². The zero-order chi connectivity index (χ0) is 24.9. The molecule has 4 rings (SSSR count). The summed E-state index contributed by atoms with van der Waals surface area (Å²) in [6.07, 6.45) is 1.83. The number of nitrogens with zero attached hydrogens (tertiary/aromatic N) is 4. The van der Waals surface area contributed by atoms with Crippen molar-refractivity contribution in [1.82, 2.24) is 19.3 Å². The van der Waals surface area contributed by atoms with Crippen molar-refractivity contribution in [3.8, 4) is 28.8 Å². The van der Waals surface area contributed by atoms with E-state index in [-0.39, 0.29) is 30.3 Å². The van der Waals surface area contributed by atoms with Crippen molar-refractivity contribution in [1.29, 1.82) is 0 Å². The van der Waals surface area contributed by atoms with Gasteiger partial charge in [0, 0.05) is 24.2 Å². The number of rotatable bonds is 9. The summed E-state index contributed by atoms with van der Waals surface area (Å²) in [5.74, 6) is 0.660. The summed E-state index contributed by atoms with van der Waals surface area (Å²) in [5, 5.41) is 15.9. The van der Waals surface area contributed by atoms with Crippen LogP contribution in [0.2, 0.25) is 5.02 Å². The van der Waals surface area contributed by atoms with Crippen LogP contribution in [0.25, 0.3) is 11.4 Å². The van der Waals surface area contributed by atoms with Gasteiger partial charge in [0.15, 0.2) is 0 Å². The average molecular weight is 497 g/mol. The van der Waals surface area contributed by atoms with E-state index in [0.29, 0.717) is 34.5 Å². The molecule has 0 spiro atoms. The third kappa shape index (κ3) is 5.01.